The van der Waals surface area contributed by atoms with Gasteiger partial charge in [0.15, 0.2) is 0 Å². The van der Waals surface area contributed by atoms with Gasteiger partial charge in [-0.1, -0.05) is 24.6 Å². The van der Waals surface area contributed by atoms with E-state index in [0.29, 0.717) is 11.4 Å². The van der Waals surface area contributed by atoms with Crippen LogP contribution in [0.3, 0.4) is 0 Å². The number of ether oxygens (including phenoxy) is 1. The van der Waals surface area contributed by atoms with Crippen LogP contribution in [0.25, 0.3) is 0 Å². The van der Waals surface area contributed by atoms with Crippen molar-refractivity contribution in [1.82, 2.24) is 9.80 Å². The zero-order valence-corrected chi connectivity index (χ0v) is 15.7. The summed E-state index contributed by atoms with van der Waals surface area (Å²) in [5.41, 5.74) is 1.15. The van der Waals surface area contributed by atoms with E-state index >= 15 is 0 Å². The number of nitrogens with zero attached hydrogens (tertiary/aromatic N) is 2. The molecule has 0 N–H and O–H groups in total. The molecule has 24 heavy (non-hydrogen) atoms. The molecule has 0 radical (unpaired) electrons. The number of halogens is 1. The Kier molecular flexibility index (Phi) is 6.31. The van der Waals surface area contributed by atoms with Gasteiger partial charge in [-0.25, -0.2) is 0 Å². The topological polar surface area (TPSA) is 32.8 Å². The van der Waals surface area contributed by atoms with Crippen molar-refractivity contribution in [3.63, 3.8) is 0 Å². The number of amides is 1. The van der Waals surface area contributed by atoms with Crippen molar-refractivity contribution in [3.05, 3.63) is 28.8 Å². The predicted molar refractivity (Wildman–Crippen MR) is 100.0 cm³/mol. The van der Waals surface area contributed by atoms with Crippen LogP contribution in [0.5, 0.6) is 5.75 Å². The van der Waals surface area contributed by atoms with Gasteiger partial charge >= 0.3 is 0 Å². The first-order chi connectivity index (χ1) is 11.7. The summed E-state index contributed by atoms with van der Waals surface area (Å²) in [5.74, 6) is 3.30. The standard InChI is InChI=1S/C18H25ClN2O2S/c1-2-16-13-20(6-5-18(22)21-7-9-24-10-8-21)12-14-3-4-15(19)11-17(14)23-16/h3-4,11,16H,2,5-10,12-13H2,1H3/t16-/m1/s1. The Morgan fingerprint density at radius 2 is 2.17 bits per heavy atom. The van der Waals surface area contributed by atoms with E-state index in [9.17, 15) is 4.79 Å². The fourth-order valence-electron chi connectivity index (χ4n) is 3.19. The van der Waals surface area contributed by atoms with Crippen molar-refractivity contribution in [1.29, 1.82) is 0 Å². The summed E-state index contributed by atoms with van der Waals surface area (Å²) in [6, 6.07) is 5.84. The minimum Gasteiger partial charge on any atom is -0.489 e. The molecule has 2 heterocycles. The summed E-state index contributed by atoms with van der Waals surface area (Å²) in [6.45, 7) is 6.37. The maximum absolute atomic E-state index is 12.4. The second-order valence-corrected chi connectivity index (χ2v) is 8.04. The highest BCUT2D eigenvalue weighted by molar-refractivity contribution is 7.99. The smallest absolute Gasteiger partial charge is 0.223 e. The lowest BCUT2D eigenvalue weighted by molar-refractivity contribution is -0.131. The molecular formula is C18H25ClN2O2S. The van der Waals surface area contributed by atoms with Crippen molar-refractivity contribution in [3.8, 4) is 5.75 Å². The number of hydrogen-bond acceptors (Lipinski definition) is 4. The minimum absolute atomic E-state index is 0.145. The molecule has 1 fully saturated rings. The molecular weight excluding hydrogens is 344 g/mol. The molecule has 1 saturated heterocycles. The van der Waals surface area contributed by atoms with E-state index in [1.165, 1.54) is 0 Å². The van der Waals surface area contributed by atoms with Gasteiger partial charge in [0.05, 0.1) is 0 Å². The molecule has 0 bridgehead atoms. The first-order valence-electron chi connectivity index (χ1n) is 8.68. The van der Waals surface area contributed by atoms with E-state index in [1.807, 2.05) is 34.9 Å². The largest absolute Gasteiger partial charge is 0.489 e. The Hall–Kier alpha value is -0.910. The second-order valence-electron chi connectivity index (χ2n) is 6.38. The van der Waals surface area contributed by atoms with Gasteiger partial charge in [-0.3, -0.25) is 9.69 Å². The lowest BCUT2D eigenvalue weighted by Gasteiger charge is -2.28. The monoisotopic (exact) mass is 368 g/mol. The third-order valence-corrected chi connectivity index (χ3v) is 5.82. The van der Waals surface area contributed by atoms with Crippen LogP contribution in [0.4, 0.5) is 0 Å². The van der Waals surface area contributed by atoms with Crippen molar-refractivity contribution in [2.24, 2.45) is 0 Å². The van der Waals surface area contributed by atoms with Crippen LogP contribution in [0, 0.1) is 0 Å². The number of fused-ring (bicyclic) bond motifs is 1. The van der Waals surface area contributed by atoms with E-state index in [2.05, 4.69) is 11.8 Å². The van der Waals surface area contributed by atoms with Gasteiger partial charge in [-0.05, 0) is 18.6 Å². The third kappa shape index (κ3) is 4.58. The Balaban J connectivity index is 1.62. The van der Waals surface area contributed by atoms with Crippen LogP contribution in [-0.4, -0.2) is 59.5 Å². The molecule has 1 aromatic carbocycles. The van der Waals surface area contributed by atoms with Crippen molar-refractivity contribution in [2.45, 2.75) is 32.4 Å². The lowest BCUT2D eigenvalue weighted by Crippen LogP contribution is -2.40. The lowest BCUT2D eigenvalue weighted by atomic mass is 10.2. The Bertz CT molecular complexity index is 578. The van der Waals surface area contributed by atoms with Crippen LogP contribution in [0.2, 0.25) is 5.02 Å². The van der Waals surface area contributed by atoms with Gasteiger partial charge in [0.25, 0.3) is 0 Å². The molecule has 0 aromatic heterocycles. The number of rotatable bonds is 4. The normalized spacial score (nSPS) is 21.8. The highest BCUT2D eigenvalue weighted by Crippen LogP contribution is 2.29. The van der Waals surface area contributed by atoms with Crippen LogP contribution in [0.15, 0.2) is 18.2 Å². The molecule has 2 aliphatic rings. The Labute approximate surface area is 153 Å². The fourth-order valence-corrected chi connectivity index (χ4v) is 4.25. The van der Waals surface area contributed by atoms with Gasteiger partial charge in [-0.15, -0.1) is 0 Å². The number of benzene rings is 1. The molecule has 0 spiro atoms. The van der Waals surface area contributed by atoms with E-state index in [1.54, 1.807) is 0 Å². The number of thioether (sulfide) groups is 1. The van der Waals surface area contributed by atoms with E-state index in [0.717, 1.165) is 62.0 Å². The van der Waals surface area contributed by atoms with Crippen molar-refractivity contribution >= 4 is 29.3 Å². The average Bonchev–Trinajstić information content (AvgIpc) is 2.78. The molecule has 1 atom stereocenters. The molecule has 0 saturated carbocycles. The summed E-state index contributed by atoms with van der Waals surface area (Å²) < 4.78 is 6.12. The van der Waals surface area contributed by atoms with Gasteiger partial charge in [0.2, 0.25) is 5.91 Å². The van der Waals surface area contributed by atoms with Gasteiger partial charge < -0.3 is 9.64 Å². The van der Waals surface area contributed by atoms with E-state index < -0.39 is 0 Å². The zero-order chi connectivity index (χ0) is 16.9. The number of hydrogen-bond donors (Lipinski definition) is 0. The number of carbonyl (C=O) groups is 1. The highest BCUT2D eigenvalue weighted by atomic mass is 35.5. The molecule has 3 rings (SSSR count). The summed E-state index contributed by atoms with van der Waals surface area (Å²) in [6.07, 6.45) is 1.68. The molecule has 0 unspecified atom stereocenters. The Morgan fingerprint density at radius 3 is 2.92 bits per heavy atom. The van der Waals surface area contributed by atoms with Crippen LogP contribution < -0.4 is 4.74 Å². The SMILES string of the molecule is CC[C@@H]1CN(CCC(=O)N2CCSCC2)Cc2ccc(Cl)cc2O1. The van der Waals surface area contributed by atoms with Gasteiger partial charge in [0.1, 0.15) is 11.9 Å². The maximum Gasteiger partial charge on any atom is 0.223 e. The zero-order valence-electron chi connectivity index (χ0n) is 14.2. The molecule has 4 nitrogen and oxygen atoms in total. The van der Waals surface area contributed by atoms with E-state index in [4.69, 9.17) is 16.3 Å². The van der Waals surface area contributed by atoms with Gasteiger partial charge in [0, 0.05) is 61.2 Å². The first-order valence-corrected chi connectivity index (χ1v) is 10.2. The van der Waals surface area contributed by atoms with Crippen molar-refractivity contribution < 1.29 is 9.53 Å². The second kappa shape index (κ2) is 8.45. The summed E-state index contributed by atoms with van der Waals surface area (Å²) in [5, 5.41) is 0.704. The number of carbonyl (C=O) groups excluding carboxylic acids is 1. The van der Waals surface area contributed by atoms with Crippen molar-refractivity contribution in [2.75, 3.05) is 37.7 Å². The van der Waals surface area contributed by atoms with Crippen LogP contribution in [0.1, 0.15) is 25.3 Å². The minimum atomic E-state index is 0.145. The molecule has 132 valence electrons. The third-order valence-electron chi connectivity index (χ3n) is 4.64. The fraction of sp³-hybridized carbons (Fsp3) is 0.611. The molecule has 0 aliphatic carbocycles. The summed E-state index contributed by atoms with van der Waals surface area (Å²) >= 11 is 8.03. The molecule has 6 heteroatoms. The summed E-state index contributed by atoms with van der Waals surface area (Å²) in [7, 11) is 0. The molecule has 2 aliphatic heterocycles. The predicted octanol–water partition coefficient (Wildman–Crippen LogP) is 3.28. The van der Waals surface area contributed by atoms with Crippen LogP contribution >= 0.6 is 23.4 Å². The van der Waals surface area contributed by atoms with E-state index in [-0.39, 0.29) is 12.0 Å². The van der Waals surface area contributed by atoms with Gasteiger partial charge in [-0.2, -0.15) is 11.8 Å². The maximum atomic E-state index is 12.4. The first kappa shape index (κ1) is 17.9. The summed E-state index contributed by atoms with van der Waals surface area (Å²) in [4.78, 5) is 16.8. The molecule has 1 amide bonds. The average molecular weight is 369 g/mol. The highest BCUT2D eigenvalue weighted by Gasteiger charge is 2.23. The quantitative estimate of drug-likeness (QED) is 0.816. The van der Waals surface area contributed by atoms with Crippen LogP contribution in [-0.2, 0) is 11.3 Å². The Morgan fingerprint density at radius 1 is 1.38 bits per heavy atom. The molecule has 1 aromatic rings.